The zero-order valence-electron chi connectivity index (χ0n) is 20.5. The monoisotopic (exact) mass is 519 g/mol. The van der Waals surface area contributed by atoms with Gasteiger partial charge in [0.1, 0.15) is 11.5 Å². The van der Waals surface area contributed by atoms with Gasteiger partial charge in [-0.05, 0) is 56.1 Å². The van der Waals surface area contributed by atoms with Crippen LogP contribution in [0.3, 0.4) is 0 Å². The minimum atomic E-state index is -0.584. The molecule has 1 saturated carbocycles. The van der Waals surface area contributed by atoms with Crippen LogP contribution < -0.4 is 16.6 Å². The largest absolute Gasteiger partial charge is 0.379 e. The lowest BCUT2D eigenvalue weighted by Crippen LogP contribution is -2.47. The number of morpholine rings is 1. The number of hydrogen-bond donors (Lipinski definition) is 1. The lowest BCUT2D eigenvalue weighted by molar-refractivity contribution is -0.122. The fourth-order valence-corrected chi connectivity index (χ4v) is 6.74. The van der Waals surface area contributed by atoms with Gasteiger partial charge in [-0.1, -0.05) is 0 Å². The molecule has 2 saturated heterocycles. The molecule has 1 amide bonds. The number of aromatic nitrogens is 3. The maximum absolute atomic E-state index is 14.1. The van der Waals surface area contributed by atoms with Crippen LogP contribution in [0.1, 0.15) is 57.0 Å². The van der Waals surface area contributed by atoms with Crippen molar-refractivity contribution in [2.45, 2.75) is 63.1 Å². The van der Waals surface area contributed by atoms with Gasteiger partial charge in [0.25, 0.3) is 5.56 Å². The van der Waals surface area contributed by atoms with E-state index in [0.29, 0.717) is 45.3 Å². The number of amides is 1. The molecule has 4 heterocycles. The summed E-state index contributed by atoms with van der Waals surface area (Å²) in [5.74, 6) is 1.33. The topological polar surface area (TPSA) is 98.5 Å². The highest BCUT2D eigenvalue weighted by atomic mass is 32.2. The van der Waals surface area contributed by atoms with Gasteiger partial charge in [-0.3, -0.25) is 23.6 Å². The van der Waals surface area contributed by atoms with Gasteiger partial charge in [0, 0.05) is 44.2 Å². The van der Waals surface area contributed by atoms with E-state index in [9.17, 15) is 18.8 Å². The van der Waals surface area contributed by atoms with Crippen molar-refractivity contribution in [3.8, 4) is 0 Å². The molecule has 2 aromatic heterocycles. The Balaban J connectivity index is 1.30. The van der Waals surface area contributed by atoms with Crippen molar-refractivity contribution < 1.29 is 13.9 Å². The Hall–Kier alpha value is -2.24. The third kappa shape index (κ3) is 5.52. The van der Waals surface area contributed by atoms with Gasteiger partial charge in [-0.2, -0.15) is 11.8 Å². The van der Waals surface area contributed by atoms with Crippen LogP contribution >= 0.6 is 11.8 Å². The molecule has 9 nitrogen and oxygen atoms in total. The standard InChI is InChI=1S/C25H34FN5O4S/c26-17-15-21-23(27-16-17)30(20-6-13-36-14-7-20)25(34)31(24(21)33)19-3-1-18(2-4-19)28-22(32)5-8-29-9-11-35-12-10-29/h15-16,18-20H,1-14H2,(H,28,32)/t18-,19+. The first-order valence-corrected chi connectivity index (χ1v) is 14.2. The first-order valence-electron chi connectivity index (χ1n) is 13.0. The van der Waals surface area contributed by atoms with E-state index in [1.54, 1.807) is 4.57 Å². The third-order valence-corrected chi connectivity index (χ3v) is 8.71. The number of nitrogens with one attached hydrogen (secondary N) is 1. The molecule has 196 valence electrons. The first kappa shape index (κ1) is 25.4. The number of pyridine rings is 1. The van der Waals surface area contributed by atoms with Crippen molar-refractivity contribution in [3.63, 3.8) is 0 Å². The van der Waals surface area contributed by atoms with Crippen molar-refractivity contribution in [3.05, 3.63) is 38.9 Å². The fraction of sp³-hybridized carbons (Fsp3) is 0.680. The van der Waals surface area contributed by atoms with Crippen molar-refractivity contribution in [2.75, 3.05) is 44.4 Å². The van der Waals surface area contributed by atoms with Crippen molar-refractivity contribution in [2.24, 2.45) is 0 Å². The second-order valence-corrected chi connectivity index (χ2v) is 11.2. The van der Waals surface area contributed by atoms with Crippen LogP contribution in [0, 0.1) is 5.82 Å². The molecule has 0 aromatic carbocycles. The second kappa shape index (κ2) is 11.4. The van der Waals surface area contributed by atoms with E-state index < -0.39 is 11.4 Å². The average molecular weight is 520 g/mol. The molecule has 3 aliphatic rings. The Kier molecular flexibility index (Phi) is 8.07. The van der Waals surface area contributed by atoms with E-state index in [-0.39, 0.29) is 40.8 Å². The van der Waals surface area contributed by atoms with Gasteiger partial charge in [0.05, 0.1) is 24.8 Å². The normalized spacial score (nSPS) is 24.1. The van der Waals surface area contributed by atoms with Gasteiger partial charge < -0.3 is 10.1 Å². The average Bonchev–Trinajstić information content (AvgIpc) is 2.90. The van der Waals surface area contributed by atoms with Crippen LogP contribution in [0.2, 0.25) is 0 Å². The molecule has 36 heavy (non-hydrogen) atoms. The van der Waals surface area contributed by atoms with Gasteiger partial charge >= 0.3 is 5.69 Å². The summed E-state index contributed by atoms with van der Waals surface area (Å²) in [6.07, 6.45) is 5.77. The molecule has 3 fully saturated rings. The minimum Gasteiger partial charge on any atom is -0.379 e. The van der Waals surface area contributed by atoms with Crippen LogP contribution in [0.5, 0.6) is 0 Å². The van der Waals surface area contributed by atoms with Crippen LogP contribution in [0.25, 0.3) is 11.0 Å². The number of carbonyl (C=O) groups is 1. The number of rotatable bonds is 6. The summed E-state index contributed by atoms with van der Waals surface area (Å²) >= 11 is 1.85. The van der Waals surface area contributed by atoms with Gasteiger partial charge in [0.15, 0.2) is 0 Å². The Morgan fingerprint density at radius 2 is 1.75 bits per heavy atom. The van der Waals surface area contributed by atoms with Crippen molar-refractivity contribution in [1.29, 1.82) is 0 Å². The van der Waals surface area contributed by atoms with Gasteiger partial charge in [-0.25, -0.2) is 14.2 Å². The maximum Gasteiger partial charge on any atom is 0.333 e. The molecular weight excluding hydrogens is 485 g/mol. The summed E-state index contributed by atoms with van der Waals surface area (Å²) in [7, 11) is 0. The quantitative estimate of drug-likeness (QED) is 0.624. The molecule has 0 bridgehead atoms. The summed E-state index contributed by atoms with van der Waals surface area (Å²) in [5, 5.41) is 3.29. The Morgan fingerprint density at radius 3 is 2.47 bits per heavy atom. The molecule has 0 spiro atoms. The number of hydrogen-bond acceptors (Lipinski definition) is 7. The number of carbonyl (C=O) groups excluding carboxylic acids is 1. The SMILES string of the molecule is O=C(CCN1CCOCC1)N[C@H]1CC[C@@H](n2c(=O)c3cc(F)cnc3n(C3CCSCC3)c2=O)CC1. The molecule has 2 aromatic rings. The van der Waals surface area contributed by atoms with E-state index >= 15 is 0 Å². The van der Waals surface area contributed by atoms with E-state index in [1.807, 2.05) is 11.8 Å². The summed E-state index contributed by atoms with van der Waals surface area (Å²) in [6.45, 7) is 3.86. The maximum atomic E-state index is 14.1. The number of ether oxygens (including phenoxy) is 1. The lowest BCUT2D eigenvalue weighted by atomic mass is 9.90. The predicted molar refractivity (Wildman–Crippen MR) is 137 cm³/mol. The van der Waals surface area contributed by atoms with E-state index in [1.165, 1.54) is 10.6 Å². The summed E-state index contributed by atoms with van der Waals surface area (Å²) in [6, 6.07) is 0.914. The van der Waals surface area contributed by atoms with Crippen LogP contribution in [0.15, 0.2) is 21.9 Å². The molecule has 5 rings (SSSR count). The second-order valence-electron chi connectivity index (χ2n) is 9.97. The zero-order valence-corrected chi connectivity index (χ0v) is 21.3. The predicted octanol–water partition coefficient (Wildman–Crippen LogP) is 2.09. The highest BCUT2D eigenvalue weighted by Gasteiger charge is 2.29. The Morgan fingerprint density at radius 1 is 1.06 bits per heavy atom. The lowest BCUT2D eigenvalue weighted by Gasteiger charge is -2.32. The molecule has 0 atom stereocenters. The molecule has 0 unspecified atom stereocenters. The number of fused-ring (bicyclic) bond motifs is 1. The van der Waals surface area contributed by atoms with E-state index in [4.69, 9.17) is 4.74 Å². The molecule has 1 N–H and O–H groups in total. The molecule has 11 heteroatoms. The third-order valence-electron chi connectivity index (χ3n) is 7.66. The van der Waals surface area contributed by atoms with E-state index in [0.717, 1.165) is 50.2 Å². The summed E-state index contributed by atoms with van der Waals surface area (Å²) < 4.78 is 22.4. The van der Waals surface area contributed by atoms with Gasteiger partial charge in [-0.15, -0.1) is 0 Å². The molecule has 1 aliphatic carbocycles. The van der Waals surface area contributed by atoms with Crippen molar-refractivity contribution >= 4 is 28.7 Å². The van der Waals surface area contributed by atoms with Crippen LogP contribution in [0.4, 0.5) is 4.39 Å². The van der Waals surface area contributed by atoms with Crippen LogP contribution in [-0.4, -0.2) is 75.3 Å². The Labute approximate surface area is 213 Å². The smallest absolute Gasteiger partial charge is 0.333 e. The number of halogens is 1. The van der Waals surface area contributed by atoms with Crippen molar-refractivity contribution in [1.82, 2.24) is 24.3 Å². The first-order chi connectivity index (χ1) is 17.5. The minimum absolute atomic E-state index is 0.0336. The molecular formula is C25H34FN5O4S. The zero-order chi connectivity index (χ0) is 25.1. The summed E-state index contributed by atoms with van der Waals surface area (Å²) in [5.41, 5.74) is -0.538. The fourth-order valence-electron chi connectivity index (χ4n) is 5.66. The summed E-state index contributed by atoms with van der Waals surface area (Å²) in [4.78, 5) is 46.0. The number of nitrogens with zero attached hydrogens (tertiary/aromatic N) is 4. The van der Waals surface area contributed by atoms with Gasteiger partial charge in [0.2, 0.25) is 5.91 Å². The van der Waals surface area contributed by atoms with E-state index in [2.05, 4.69) is 15.2 Å². The van der Waals surface area contributed by atoms with Crippen LogP contribution in [-0.2, 0) is 9.53 Å². The Bertz CT molecular complexity index is 1200. The molecule has 2 aliphatic heterocycles. The highest BCUT2D eigenvalue weighted by molar-refractivity contribution is 7.99. The molecule has 0 radical (unpaired) electrons. The number of thioether (sulfide) groups is 1. The highest BCUT2D eigenvalue weighted by Crippen LogP contribution is 2.30.